The fourth-order valence-electron chi connectivity index (χ4n) is 8.59. The lowest BCUT2D eigenvalue weighted by Gasteiger charge is -2.32. The number of carbonyl (C=O) groups is 5. The van der Waals surface area contributed by atoms with Gasteiger partial charge in [0.1, 0.15) is 30.8 Å². The molecule has 0 saturated heterocycles. The molecule has 5 rings (SSSR count). The van der Waals surface area contributed by atoms with E-state index in [1.165, 1.54) is 10.5 Å². The van der Waals surface area contributed by atoms with Crippen molar-refractivity contribution in [1.82, 2.24) is 10.2 Å². The zero-order chi connectivity index (χ0) is 49.0. The first kappa shape index (κ1) is 51.8. The zero-order valence-corrected chi connectivity index (χ0v) is 40.2. The monoisotopic (exact) mass is 913 g/mol. The predicted octanol–water partition coefficient (Wildman–Crippen LogP) is 7.18. The number of nitrogens with two attached hydrogens (primary N) is 3. The maximum Gasteiger partial charge on any atom is 0.226 e. The Balaban J connectivity index is 1.57. The summed E-state index contributed by atoms with van der Waals surface area (Å²) in [7, 11) is 1.55. The number of hydrogen-bond donors (Lipinski definition) is 4. The molecule has 4 bridgehead atoms. The van der Waals surface area contributed by atoms with Gasteiger partial charge >= 0.3 is 0 Å². The van der Waals surface area contributed by atoms with Crippen molar-refractivity contribution in [1.29, 1.82) is 5.26 Å². The van der Waals surface area contributed by atoms with E-state index in [2.05, 4.69) is 56.4 Å². The van der Waals surface area contributed by atoms with Crippen molar-refractivity contribution in [3.63, 3.8) is 0 Å². The van der Waals surface area contributed by atoms with E-state index in [9.17, 15) is 29.2 Å². The maximum atomic E-state index is 14.9. The number of ether oxygens (including phenoxy) is 2. The van der Waals surface area contributed by atoms with Crippen LogP contribution in [-0.4, -0.2) is 80.0 Å². The number of amides is 2. The lowest BCUT2D eigenvalue weighted by atomic mass is 9.86. The molecule has 4 aromatic carbocycles. The fourth-order valence-corrected chi connectivity index (χ4v) is 8.59. The molecule has 356 valence electrons. The number of benzene rings is 4. The first-order valence-corrected chi connectivity index (χ1v) is 23.3. The van der Waals surface area contributed by atoms with Gasteiger partial charge in [-0.05, 0) is 103 Å². The van der Waals surface area contributed by atoms with Gasteiger partial charge in [-0.2, -0.15) is 5.26 Å². The smallest absolute Gasteiger partial charge is 0.226 e. The Kier molecular flexibility index (Phi) is 18.2. The van der Waals surface area contributed by atoms with Crippen molar-refractivity contribution in [2.45, 2.75) is 97.6 Å². The van der Waals surface area contributed by atoms with E-state index in [-0.39, 0.29) is 69.0 Å². The second-order valence-electron chi connectivity index (χ2n) is 18.9. The largest absolute Gasteiger partial charge is 0.492 e. The Morgan fingerprint density at radius 1 is 0.836 bits per heavy atom. The molecule has 4 aromatic rings. The minimum absolute atomic E-state index is 0.0139. The van der Waals surface area contributed by atoms with Crippen LogP contribution in [0.4, 0.5) is 0 Å². The van der Waals surface area contributed by atoms with Crippen LogP contribution < -0.4 is 32.0 Å². The van der Waals surface area contributed by atoms with E-state index >= 15 is 0 Å². The topological polar surface area (TPSA) is 221 Å². The number of rotatable bonds is 18. The molecule has 0 saturated carbocycles. The minimum atomic E-state index is -1.21. The van der Waals surface area contributed by atoms with Crippen LogP contribution in [0.1, 0.15) is 105 Å². The summed E-state index contributed by atoms with van der Waals surface area (Å²) in [6.45, 7) is 12.7. The second kappa shape index (κ2) is 23.5. The van der Waals surface area contributed by atoms with Crippen LogP contribution in [0.25, 0.3) is 22.3 Å². The lowest BCUT2D eigenvalue weighted by Crippen LogP contribution is -2.46. The normalized spacial score (nSPS) is 17.3. The molecular formula is C54H68N6O7. The molecule has 0 spiro atoms. The van der Waals surface area contributed by atoms with Crippen LogP contribution in [0.2, 0.25) is 0 Å². The van der Waals surface area contributed by atoms with Crippen LogP contribution in [0.5, 0.6) is 11.5 Å². The van der Waals surface area contributed by atoms with Gasteiger partial charge in [-0.25, -0.2) is 0 Å². The molecule has 2 amide bonds. The van der Waals surface area contributed by atoms with E-state index in [0.29, 0.717) is 58.7 Å². The Morgan fingerprint density at radius 2 is 1.46 bits per heavy atom. The zero-order valence-electron chi connectivity index (χ0n) is 40.2. The molecule has 7 N–H and O–H groups in total. The predicted molar refractivity (Wildman–Crippen MR) is 261 cm³/mol. The Morgan fingerprint density at radius 3 is 2.06 bits per heavy atom. The molecule has 0 radical (unpaired) electrons. The van der Waals surface area contributed by atoms with Crippen molar-refractivity contribution in [3.8, 4) is 39.8 Å². The molecule has 1 aliphatic heterocycles. The molecule has 67 heavy (non-hydrogen) atoms. The molecule has 0 unspecified atom stereocenters. The van der Waals surface area contributed by atoms with Gasteiger partial charge in [0.15, 0.2) is 17.3 Å². The number of hydrogen-bond acceptors (Lipinski definition) is 11. The number of nitrogens with zero attached hydrogens (tertiary/aromatic N) is 2. The summed E-state index contributed by atoms with van der Waals surface area (Å²) in [5.41, 5.74) is 24.5. The van der Waals surface area contributed by atoms with E-state index in [1.807, 2.05) is 31.2 Å². The highest BCUT2D eigenvalue weighted by molar-refractivity contribution is 6.01. The fraction of sp³-hybridized carbons (Fsp3) is 0.444. The number of likely N-dealkylation sites (N-methyl/N-ethyl adjacent to an activating group) is 1. The number of ketones is 3. The number of aryl methyl sites for hydroxylation is 1. The highest BCUT2D eigenvalue weighted by atomic mass is 16.5. The summed E-state index contributed by atoms with van der Waals surface area (Å²) in [6.07, 6.45) is 0.380. The maximum absolute atomic E-state index is 14.9. The van der Waals surface area contributed by atoms with Crippen LogP contribution in [0, 0.1) is 36.0 Å². The Hall–Kier alpha value is -6.20. The molecule has 13 nitrogen and oxygen atoms in total. The van der Waals surface area contributed by atoms with Gasteiger partial charge in [-0.15, -0.1) is 0 Å². The summed E-state index contributed by atoms with van der Waals surface area (Å²) in [6, 6.07) is 24.6. The van der Waals surface area contributed by atoms with Gasteiger partial charge in [0.05, 0.1) is 18.0 Å². The highest BCUT2D eigenvalue weighted by Crippen LogP contribution is 2.41. The van der Waals surface area contributed by atoms with Crippen molar-refractivity contribution in [2.24, 2.45) is 35.0 Å². The quantitative estimate of drug-likeness (QED) is 0.0732. The summed E-state index contributed by atoms with van der Waals surface area (Å²) in [5, 5.41) is 12.4. The third-order valence-corrected chi connectivity index (χ3v) is 12.4. The average molecular weight is 913 g/mol. The molecule has 5 atom stereocenters. The number of nitriles is 1. The molecule has 1 aliphatic rings. The molecular weight excluding hydrogens is 845 g/mol. The van der Waals surface area contributed by atoms with E-state index in [4.69, 9.17) is 26.7 Å². The van der Waals surface area contributed by atoms with Crippen molar-refractivity contribution >= 4 is 29.2 Å². The van der Waals surface area contributed by atoms with E-state index in [1.54, 1.807) is 51.2 Å². The summed E-state index contributed by atoms with van der Waals surface area (Å²) < 4.78 is 12.3. The molecule has 1 heterocycles. The van der Waals surface area contributed by atoms with Gasteiger partial charge in [0.2, 0.25) is 11.8 Å². The van der Waals surface area contributed by atoms with Crippen molar-refractivity contribution < 1.29 is 33.4 Å². The summed E-state index contributed by atoms with van der Waals surface area (Å²) in [5.74, 6) is -3.36. The van der Waals surface area contributed by atoms with Crippen LogP contribution in [0.3, 0.4) is 0 Å². The van der Waals surface area contributed by atoms with Crippen molar-refractivity contribution in [3.05, 3.63) is 107 Å². The van der Waals surface area contributed by atoms with E-state index in [0.717, 1.165) is 16.7 Å². The third-order valence-electron chi connectivity index (χ3n) is 12.4. The first-order valence-electron chi connectivity index (χ1n) is 23.3. The van der Waals surface area contributed by atoms with Crippen LogP contribution in [-0.2, 0) is 31.0 Å². The molecule has 0 aliphatic carbocycles. The summed E-state index contributed by atoms with van der Waals surface area (Å²) in [4.78, 5) is 73.0. The number of nitrogens with one attached hydrogen (secondary N) is 1. The van der Waals surface area contributed by atoms with E-state index < -0.39 is 47.4 Å². The SMILES string of the molecule is Cc1cc(-c2ccc(C(C)(C)C)cc2)ccc1C(=O)C[C@@H](CCCN)C(=O)N(C)[C@@H]1C(=O)C[C@@H](C)C(=O)N[C@H](C(=O)C[C@H](C)C#N)Cc2ccc(OCCN)c(c2)-c2cc1ccc2OCCN. The van der Waals surface area contributed by atoms with Crippen molar-refractivity contribution in [2.75, 3.05) is 39.9 Å². The number of fused-ring (bicyclic) bond motifs is 5. The Bertz CT molecular complexity index is 2450. The molecule has 13 heteroatoms. The van der Waals surface area contributed by atoms with Gasteiger partial charge in [-0.3, -0.25) is 24.0 Å². The van der Waals surface area contributed by atoms with Gasteiger partial charge in [0, 0.05) is 67.9 Å². The Labute approximate surface area is 395 Å². The molecule has 0 aromatic heterocycles. The lowest BCUT2D eigenvalue weighted by molar-refractivity contribution is -0.142. The van der Waals surface area contributed by atoms with Gasteiger partial charge in [0.25, 0.3) is 0 Å². The minimum Gasteiger partial charge on any atom is -0.492 e. The summed E-state index contributed by atoms with van der Waals surface area (Å²) >= 11 is 0. The molecule has 0 fully saturated rings. The van der Waals surface area contributed by atoms with Gasteiger partial charge in [-0.1, -0.05) is 82.3 Å². The third kappa shape index (κ3) is 13.2. The highest BCUT2D eigenvalue weighted by Gasteiger charge is 2.36. The number of Topliss-reactive ketones (excluding diaryl/α,β-unsaturated/α-hetero) is 3. The second-order valence-corrected chi connectivity index (χ2v) is 18.9. The van der Waals surface area contributed by atoms with Gasteiger partial charge < -0.3 is 36.9 Å². The first-order chi connectivity index (χ1) is 31.9. The average Bonchev–Trinajstić information content (AvgIpc) is 3.30. The van der Waals surface area contributed by atoms with Crippen LogP contribution in [0.15, 0.2) is 78.9 Å². The van der Waals surface area contributed by atoms with Crippen LogP contribution >= 0.6 is 0 Å². The standard InChI is InChI=1S/C54H68N6O7/c1-33(32-58)25-47(62)45-29-36-10-18-49(66-23-21-56)43(28-36)44-30-39(14-19-50(44)67-24-22-57)51(48(63)27-35(3)52(64)59-45)60(7)53(65)40(9-8-20-55)31-46(61)42-17-13-38(26-34(42)2)37-11-15-41(16-12-37)54(4,5)6/h10-19,26,28,30,33,35,40,45,51H,8-9,20-25,27,29,31,55-57H2,1-7H3,(H,59,64)/t33-,35+,40+,45-,51-/m0/s1. The number of carbonyl (C=O) groups excluding carboxylic acids is 5.